The highest BCUT2D eigenvalue weighted by Crippen LogP contribution is 2.24. The third-order valence-corrected chi connectivity index (χ3v) is 4.42. The maximum Gasteiger partial charge on any atom is 0.349 e. The average Bonchev–Trinajstić information content (AvgIpc) is 3.03. The van der Waals surface area contributed by atoms with E-state index < -0.39 is 23.4 Å². The summed E-state index contributed by atoms with van der Waals surface area (Å²) >= 11 is 6.74. The molecule has 24 heavy (non-hydrogen) atoms. The molecule has 1 aromatic heterocycles. The molecule has 0 aliphatic rings. The number of benzene rings is 1. The van der Waals surface area contributed by atoms with Gasteiger partial charge in [-0.25, -0.2) is 4.79 Å². The molecule has 0 radical (unpaired) electrons. The number of ether oxygens (including phenoxy) is 1. The lowest BCUT2D eigenvalue weighted by molar-refractivity contribution is -0.380. The number of esters is 1. The van der Waals surface area contributed by atoms with Crippen LogP contribution in [0.2, 0.25) is 5.02 Å². The molecule has 2 aromatic rings. The van der Waals surface area contributed by atoms with Crippen molar-refractivity contribution >= 4 is 39.8 Å². The molecule has 1 atom stereocenters. The Balaban J connectivity index is 1.87. The maximum atomic E-state index is 11.9. The van der Waals surface area contributed by atoms with E-state index in [0.717, 1.165) is 5.56 Å². The van der Waals surface area contributed by atoms with Crippen LogP contribution in [0.1, 0.15) is 28.2 Å². The van der Waals surface area contributed by atoms with Crippen molar-refractivity contribution < 1.29 is 19.2 Å². The zero-order valence-corrected chi connectivity index (χ0v) is 14.1. The minimum Gasteiger partial charge on any atom is -0.451 e. The lowest BCUT2D eigenvalue weighted by Crippen LogP contribution is -2.31. The summed E-state index contributed by atoms with van der Waals surface area (Å²) in [4.78, 5) is 33.7. The molecule has 0 saturated heterocycles. The fraction of sp³-hybridized carbons (Fsp3) is 0.200. The summed E-state index contributed by atoms with van der Waals surface area (Å²) in [5, 5.41) is 13.6. The lowest BCUT2D eigenvalue weighted by atomic mass is 10.1. The highest BCUT2D eigenvalue weighted by Gasteiger charge is 2.18. The molecule has 9 heteroatoms. The first-order chi connectivity index (χ1) is 11.4. The molecule has 0 fully saturated rings. The zero-order valence-electron chi connectivity index (χ0n) is 12.5. The van der Waals surface area contributed by atoms with E-state index in [1.165, 1.54) is 12.1 Å². The molecule has 0 saturated carbocycles. The first-order valence-electron chi connectivity index (χ1n) is 6.83. The number of thiophene rings is 1. The standard InChI is InChI=1S/C15H13ClN2O5S/c1-9(10-4-2-3-5-11(10)16)17-13(19)8-23-15(20)12-6-7-14(24-12)18(21)22/h2-7,9H,8H2,1H3,(H,17,19)/t9-/m1/s1. The molecule has 0 bridgehead atoms. The van der Waals surface area contributed by atoms with Gasteiger partial charge in [0.2, 0.25) is 0 Å². The van der Waals surface area contributed by atoms with Crippen LogP contribution in [0.25, 0.3) is 0 Å². The molecular weight excluding hydrogens is 356 g/mol. The monoisotopic (exact) mass is 368 g/mol. The van der Waals surface area contributed by atoms with Crippen LogP contribution in [-0.4, -0.2) is 23.4 Å². The molecule has 1 aromatic carbocycles. The number of hydrogen-bond acceptors (Lipinski definition) is 6. The topological polar surface area (TPSA) is 98.5 Å². The van der Waals surface area contributed by atoms with E-state index in [1.807, 2.05) is 0 Å². The lowest BCUT2D eigenvalue weighted by Gasteiger charge is -2.15. The van der Waals surface area contributed by atoms with Crippen molar-refractivity contribution in [2.45, 2.75) is 13.0 Å². The minimum atomic E-state index is -0.784. The fourth-order valence-electron chi connectivity index (χ4n) is 1.92. The fourth-order valence-corrected chi connectivity index (χ4v) is 2.94. The molecule has 2 rings (SSSR count). The van der Waals surface area contributed by atoms with Gasteiger partial charge in [0.25, 0.3) is 5.91 Å². The second kappa shape index (κ2) is 7.89. The van der Waals surface area contributed by atoms with Gasteiger partial charge in [0.05, 0.1) is 11.0 Å². The van der Waals surface area contributed by atoms with Gasteiger partial charge < -0.3 is 10.1 Å². The number of halogens is 1. The Morgan fingerprint density at radius 1 is 1.33 bits per heavy atom. The third kappa shape index (κ3) is 4.53. The van der Waals surface area contributed by atoms with Crippen LogP contribution in [0.4, 0.5) is 5.00 Å². The number of rotatable bonds is 6. The van der Waals surface area contributed by atoms with Crippen LogP contribution in [0.3, 0.4) is 0 Å². The van der Waals surface area contributed by atoms with Crippen molar-refractivity contribution in [1.82, 2.24) is 5.32 Å². The molecule has 0 unspecified atom stereocenters. The van der Waals surface area contributed by atoms with Crippen LogP contribution in [0, 0.1) is 10.1 Å². The van der Waals surface area contributed by atoms with Gasteiger partial charge in [-0.1, -0.05) is 41.1 Å². The number of nitrogens with zero attached hydrogens (tertiary/aromatic N) is 1. The summed E-state index contributed by atoms with van der Waals surface area (Å²) in [7, 11) is 0. The molecule has 7 nitrogen and oxygen atoms in total. The van der Waals surface area contributed by atoms with E-state index in [2.05, 4.69) is 5.32 Å². The van der Waals surface area contributed by atoms with E-state index >= 15 is 0 Å². The molecule has 1 N–H and O–H groups in total. The number of hydrogen-bond donors (Lipinski definition) is 1. The normalized spacial score (nSPS) is 11.6. The Kier molecular flexibility index (Phi) is 5.88. The number of amides is 1. The number of nitrogens with one attached hydrogen (secondary N) is 1. The van der Waals surface area contributed by atoms with Gasteiger partial charge in [-0.05, 0) is 24.6 Å². The Labute approximate surface area is 146 Å². The van der Waals surface area contributed by atoms with Gasteiger partial charge in [-0.3, -0.25) is 14.9 Å². The third-order valence-electron chi connectivity index (χ3n) is 3.06. The smallest absolute Gasteiger partial charge is 0.349 e. The minimum absolute atomic E-state index is 0.0636. The van der Waals surface area contributed by atoms with Crippen LogP contribution in [0.5, 0.6) is 0 Å². The van der Waals surface area contributed by atoms with E-state index in [-0.39, 0.29) is 15.9 Å². The van der Waals surface area contributed by atoms with Crippen molar-refractivity contribution in [3.8, 4) is 0 Å². The summed E-state index contributed by atoms with van der Waals surface area (Å²) in [5.41, 5.74) is 0.743. The van der Waals surface area contributed by atoms with Crippen molar-refractivity contribution in [3.05, 3.63) is 62.0 Å². The SMILES string of the molecule is C[C@@H](NC(=O)COC(=O)c1ccc([N+](=O)[O-])s1)c1ccccc1Cl. The van der Waals surface area contributed by atoms with Gasteiger partial charge in [0.15, 0.2) is 6.61 Å². The molecular formula is C15H13ClN2O5S. The van der Waals surface area contributed by atoms with Gasteiger partial charge in [0.1, 0.15) is 4.88 Å². The molecule has 1 heterocycles. The summed E-state index contributed by atoms with van der Waals surface area (Å²) in [6, 6.07) is 9.22. The summed E-state index contributed by atoms with van der Waals surface area (Å²) in [6.07, 6.45) is 0. The predicted molar refractivity (Wildman–Crippen MR) is 89.3 cm³/mol. The number of nitro groups is 1. The maximum absolute atomic E-state index is 11.9. The Morgan fingerprint density at radius 3 is 2.67 bits per heavy atom. The quantitative estimate of drug-likeness (QED) is 0.479. The first-order valence-corrected chi connectivity index (χ1v) is 8.03. The summed E-state index contributed by atoms with van der Waals surface area (Å²) < 4.78 is 4.85. The molecule has 0 aliphatic carbocycles. The van der Waals surface area contributed by atoms with E-state index in [1.54, 1.807) is 31.2 Å². The second-order valence-corrected chi connectivity index (χ2v) is 6.25. The highest BCUT2D eigenvalue weighted by atomic mass is 35.5. The zero-order chi connectivity index (χ0) is 17.7. The Bertz CT molecular complexity index is 777. The predicted octanol–water partition coefficient (Wildman–Crippen LogP) is 3.34. The van der Waals surface area contributed by atoms with E-state index in [9.17, 15) is 19.7 Å². The Morgan fingerprint density at radius 2 is 2.04 bits per heavy atom. The molecule has 0 aliphatic heterocycles. The van der Waals surface area contributed by atoms with Crippen LogP contribution >= 0.6 is 22.9 Å². The van der Waals surface area contributed by atoms with Gasteiger partial charge in [-0.15, -0.1) is 0 Å². The van der Waals surface area contributed by atoms with Crippen LogP contribution in [-0.2, 0) is 9.53 Å². The van der Waals surface area contributed by atoms with Crippen molar-refractivity contribution in [1.29, 1.82) is 0 Å². The highest BCUT2D eigenvalue weighted by molar-refractivity contribution is 7.17. The number of carbonyl (C=O) groups excluding carboxylic acids is 2. The second-order valence-electron chi connectivity index (χ2n) is 4.78. The van der Waals surface area contributed by atoms with Gasteiger partial charge >= 0.3 is 11.0 Å². The van der Waals surface area contributed by atoms with Crippen LogP contribution in [0.15, 0.2) is 36.4 Å². The summed E-state index contributed by atoms with van der Waals surface area (Å²) in [6.45, 7) is 1.27. The van der Waals surface area contributed by atoms with E-state index in [0.29, 0.717) is 16.4 Å². The largest absolute Gasteiger partial charge is 0.451 e. The molecule has 0 spiro atoms. The summed E-state index contributed by atoms with van der Waals surface area (Å²) in [5.74, 6) is -1.28. The molecule has 1 amide bonds. The first kappa shape index (κ1) is 17.9. The number of carbonyl (C=O) groups is 2. The van der Waals surface area contributed by atoms with Gasteiger partial charge in [0, 0.05) is 11.1 Å². The van der Waals surface area contributed by atoms with Crippen molar-refractivity contribution in [2.24, 2.45) is 0 Å². The molecule has 126 valence electrons. The van der Waals surface area contributed by atoms with Gasteiger partial charge in [-0.2, -0.15) is 0 Å². The van der Waals surface area contributed by atoms with Crippen molar-refractivity contribution in [3.63, 3.8) is 0 Å². The van der Waals surface area contributed by atoms with Crippen molar-refractivity contribution in [2.75, 3.05) is 6.61 Å². The van der Waals surface area contributed by atoms with Crippen LogP contribution < -0.4 is 5.32 Å². The Hall–Kier alpha value is -2.45. The average molecular weight is 369 g/mol. The van der Waals surface area contributed by atoms with E-state index in [4.69, 9.17) is 16.3 Å².